The van der Waals surface area contributed by atoms with Crippen LogP contribution in [0.15, 0.2) is 65.3 Å². The second-order valence-electron chi connectivity index (χ2n) is 6.36. The number of carbonyl (C=O) groups is 1. The van der Waals surface area contributed by atoms with Crippen LogP contribution in [-0.2, 0) is 17.9 Å². The van der Waals surface area contributed by atoms with Gasteiger partial charge in [0.05, 0.1) is 12.5 Å². The molecule has 136 valence electrons. The number of aromatic nitrogens is 1. The first kappa shape index (κ1) is 18.9. The van der Waals surface area contributed by atoms with Crippen molar-refractivity contribution in [2.75, 3.05) is 7.05 Å². The molecule has 1 heterocycles. The topological polar surface area (TPSA) is 49.0 Å². The fourth-order valence-corrected chi connectivity index (χ4v) is 3.26. The third-order valence-corrected chi connectivity index (χ3v) is 4.93. The summed E-state index contributed by atoms with van der Waals surface area (Å²) >= 11 is 3.42. The number of aryl methyl sites for hydroxylation is 1. The predicted molar refractivity (Wildman–Crippen MR) is 112 cm³/mol. The van der Waals surface area contributed by atoms with Crippen LogP contribution >= 0.6 is 15.9 Å². The Kier molecular flexibility index (Phi) is 6.10. The number of hydrogen-bond donors (Lipinski definition) is 0. The van der Waals surface area contributed by atoms with Crippen LogP contribution in [0.3, 0.4) is 0 Å². The molecular weight excluding hydrogens is 402 g/mol. The Morgan fingerprint density at radius 1 is 1.22 bits per heavy atom. The highest BCUT2D eigenvalue weighted by molar-refractivity contribution is 9.10. The summed E-state index contributed by atoms with van der Waals surface area (Å²) in [4.78, 5) is 14.2. The average Bonchev–Trinajstić information content (AvgIpc) is 3.04. The molecule has 0 bridgehead atoms. The molecule has 1 aromatic heterocycles. The molecule has 4 nitrogen and oxygen atoms in total. The number of para-hydroxylation sites is 1. The van der Waals surface area contributed by atoms with Crippen molar-refractivity contribution < 1.29 is 4.79 Å². The summed E-state index contributed by atoms with van der Waals surface area (Å²) in [6.45, 7) is 1.20. The van der Waals surface area contributed by atoms with Crippen molar-refractivity contribution >= 4 is 38.8 Å². The van der Waals surface area contributed by atoms with Crippen LogP contribution in [0.1, 0.15) is 17.5 Å². The monoisotopic (exact) mass is 421 g/mol. The molecule has 0 aliphatic heterocycles. The van der Waals surface area contributed by atoms with Crippen LogP contribution in [0, 0.1) is 11.3 Å². The number of likely N-dealkylation sites (N-methyl/N-ethyl adjacent to an activating group) is 1. The van der Waals surface area contributed by atoms with E-state index in [0.29, 0.717) is 19.5 Å². The molecule has 0 N–H and O–H groups in total. The van der Waals surface area contributed by atoms with E-state index in [1.807, 2.05) is 60.8 Å². The van der Waals surface area contributed by atoms with Crippen LogP contribution < -0.4 is 0 Å². The molecule has 0 unspecified atom stereocenters. The first-order valence-electron chi connectivity index (χ1n) is 8.71. The summed E-state index contributed by atoms with van der Waals surface area (Å²) < 4.78 is 3.08. The van der Waals surface area contributed by atoms with Gasteiger partial charge >= 0.3 is 0 Å². The maximum absolute atomic E-state index is 12.5. The molecule has 3 rings (SSSR count). The van der Waals surface area contributed by atoms with Gasteiger partial charge < -0.3 is 9.47 Å². The molecule has 0 spiro atoms. The number of nitrogens with zero attached hydrogens (tertiary/aromatic N) is 3. The molecule has 0 aliphatic rings. The molecule has 0 atom stereocenters. The third-order valence-electron chi connectivity index (χ3n) is 4.40. The van der Waals surface area contributed by atoms with E-state index in [1.54, 1.807) is 18.0 Å². The lowest BCUT2D eigenvalue weighted by atomic mass is 10.1. The fourth-order valence-electron chi connectivity index (χ4n) is 2.99. The molecule has 0 radical (unpaired) electrons. The third kappa shape index (κ3) is 4.66. The number of nitriles is 1. The minimum atomic E-state index is -0.0493. The van der Waals surface area contributed by atoms with Crippen LogP contribution in [0.5, 0.6) is 0 Å². The highest BCUT2D eigenvalue weighted by Gasteiger charge is 2.08. The summed E-state index contributed by atoms with van der Waals surface area (Å²) in [7, 11) is 1.80. The number of rotatable bonds is 6. The van der Waals surface area contributed by atoms with Crippen LogP contribution in [0.4, 0.5) is 0 Å². The molecule has 0 aliphatic carbocycles. The maximum atomic E-state index is 12.5. The van der Waals surface area contributed by atoms with Crippen molar-refractivity contribution in [2.24, 2.45) is 0 Å². The first-order chi connectivity index (χ1) is 13.1. The van der Waals surface area contributed by atoms with Gasteiger partial charge in [-0.05, 0) is 29.8 Å². The molecular formula is C22H20BrN3O. The average molecular weight is 422 g/mol. The Hall–Kier alpha value is -2.84. The highest BCUT2D eigenvalue weighted by Crippen LogP contribution is 2.23. The summed E-state index contributed by atoms with van der Waals surface area (Å²) in [6.07, 6.45) is 5.91. The van der Waals surface area contributed by atoms with Gasteiger partial charge in [-0.2, -0.15) is 5.26 Å². The normalized spacial score (nSPS) is 11.0. The maximum Gasteiger partial charge on any atom is 0.246 e. The molecule has 3 aromatic rings. The van der Waals surface area contributed by atoms with E-state index in [4.69, 9.17) is 5.26 Å². The molecule has 0 saturated carbocycles. The van der Waals surface area contributed by atoms with Gasteiger partial charge in [-0.15, -0.1) is 0 Å². The molecule has 5 heteroatoms. The largest absolute Gasteiger partial charge is 0.346 e. The lowest BCUT2D eigenvalue weighted by molar-refractivity contribution is -0.125. The number of halogens is 1. The van der Waals surface area contributed by atoms with E-state index in [-0.39, 0.29) is 5.91 Å². The zero-order valence-corrected chi connectivity index (χ0v) is 16.7. The van der Waals surface area contributed by atoms with Crippen LogP contribution in [0.25, 0.3) is 17.0 Å². The van der Waals surface area contributed by atoms with E-state index in [9.17, 15) is 4.79 Å². The predicted octanol–water partition coefficient (Wildman–Crippen LogP) is 4.99. The highest BCUT2D eigenvalue weighted by atomic mass is 79.9. The Bertz CT molecular complexity index is 1010. The van der Waals surface area contributed by atoms with Crippen molar-refractivity contribution in [2.45, 2.75) is 19.5 Å². The molecule has 2 aromatic carbocycles. The zero-order valence-electron chi connectivity index (χ0n) is 15.1. The summed E-state index contributed by atoms with van der Waals surface area (Å²) in [5, 5.41) is 9.93. The number of amides is 1. The molecule has 0 fully saturated rings. The van der Waals surface area contributed by atoms with Crippen molar-refractivity contribution in [1.29, 1.82) is 5.26 Å². The Labute approximate surface area is 167 Å². The van der Waals surface area contributed by atoms with Gasteiger partial charge in [-0.1, -0.05) is 46.3 Å². The van der Waals surface area contributed by atoms with E-state index in [1.165, 1.54) is 0 Å². The van der Waals surface area contributed by atoms with Gasteiger partial charge in [0.15, 0.2) is 0 Å². The second-order valence-corrected chi connectivity index (χ2v) is 7.27. The lowest BCUT2D eigenvalue weighted by Crippen LogP contribution is -2.24. The number of benzene rings is 2. The second kappa shape index (κ2) is 8.70. The minimum absolute atomic E-state index is 0.0493. The van der Waals surface area contributed by atoms with Crippen molar-refractivity contribution in [1.82, 2.24) is 9.47 Å². The quantitative estimate of drug-likeness (QED) is 0.526. The van der Waals surface area contributed by atoms with Gasteiger partial charge in [0.1, 0.15) is 0 Å². The van der Waals surface area contributed by atoms with Gasteiger partial charge in [-0.25, -0.2) is 0 Å². The first-order valence-corrected chi connectivity index (χ1v) is 9.50. The smallest absolute Gasteiger partial charge is 0.246 e. The number of fused-ring (bicyclic) bond motifs is 1. The minimum Gasteiger partial charge on any atom is -0.346 e. The summed E-state index contributed by atoms with van der Waals surface area (Å²) in [5.41, 5.74) is 3.13. The Balaban J connectivity index is 1.75. The van der Waals surface area contributed by atoms with E-state index < -0.39 is 0 Å². The number of hydrogen-bond acceptors (Lipinski definition) is 2. The fraction of sp³-hybridized carbons (Fsp3) is 0.182. The van der Waals surface area contributed by atoms with Crippen molar-refractivity contribution in [3.8, 4) is 6.07 Å². The molecule has 1 amide bonds. The zero-order chi connectivity index (χ0) is 19.2. The van der Waals surface area contributed by atoms with Gasteiger partial charge in [0, 0.05) is 53.3 Å². The van der Waals surface area contributed by atoms with Gasteiger partial charge in [0.2, 0.25) is 5.91 Å². The van der Waals surface area contributed by atoms with Gasteiger partial charge in [-0.3, -0.25) is 4.79 Å². The van der Waals surface area contributed by atoms with E-state index >= 15 is 0 Å². The molecule has 27 heavy (non-hydrogen) atoms. The lowest BCUT2D eigenvalue weighted by Gasteiger charge is -2.15. The van der Waals surface area contributed by atoms with E-state index in [0.717, 1.165) is 26.5 Å². The number of carbonyl (C=O) groups excluding carboxylic acids is 1. The summed E-state index contributed by atoms with van der Waals surface area (Å²) in [5.74, 6) is -0.0493. The van der Waals surface area contributed by atoms with Gasteiger partial charge in [0.25, 0.3) is 0 Å². The van der Waals surface area contributed by atoms with Crippen molar-refractivity contribution in [3.05, 3.63) is 76.4 Å². The Morgan fingerprint density at radius 2 is 1.96 bits per heavy atom. The molecule has 0 saturated heterocycles. The van der Waals surface area contributed by atoms with Crippen LogP contribution in [-0.4, -0.2) is 22.4 Å². The Morgan fingerprint density at radius 3 is 2.70 bits per heavy atom. The van der Waals surface area contributed by atoms with Crippen molar-refractivity contribution in [3.63, 3.8) is 0 Å². The van der Waals surface area contributed by atoms with E-state index in [2.05, 4.69) is 26.6 Å². The summed E-state index contributed by atoms with van der Waals surface area (Å²) in [6, 6.07) is 18.2. The van der Waals surface area contributed by atoms with Crippen LogP contribution in [0.2, 0.25) is 0 Å². The SMILES string of the molecule is CN(Cc1ccc(Br)cc1)C(=O)/C=C/c1cn(CCC#N)c2ccccc12. The standard InChI is InChI=1S/C22H20BrN3O/c1-25(15-17-7-10-19(23)11-8-17)22(27)12-9-18-16-26(14-4-13-24)21-6-3-2-5-20(18)21/h2-3,5-12,16H,4,14-15H2,1H3/b12-9+.